The molecule has 6 nitrogen and oxygen atoms in total. The molecule has 0 saturated heterocycles. The third-order valence-corrected chi connectivity index (χ3v) is 2.02. The van der Waals surface area contributed by atoms with E-state index < -0.39 is 24.3 Å². The minimum Gasteiger partial charge on any atom is -0.481 e. The van der Waals surface area contributed by atoms with Crippen LogP contribution in [0, 0.1) is 0 Å². The van der Waals surface area contributed by atoms with Crippen molar-refractivity contribution in [3.8, 4) is 0 Å². The lowest BCUT2D eigenvalue weighted by Crippen LogP contribution is -2.16. The summed E-state index contributed by atoms with van der Waals surface area (Å²) in [6, 6.07) is 1.53. The average molecular weight is 212 g/mol. The zero-order valence-corrected chi connectivity index (χ0v) is 8.25. The highest BCUT2D eigenvalue weighted by molar-refractivity contribution is 5.81. The van der Waals surface area contributed by atoms with Crippen LogP contribution in [0.25, 0.3) is 0 Å². The summed E-state index contributed by atoms with van der Waals surface area (Å²) in [6.45, 7) is 2.49. The number of nitrogens with zero attached hydrogens (tertiary/aromatic N) is 2. The smallest absolute Gasteiger partial charge is 0.313 e. The zero-order valence-electron chi connectivity index (χ0n) is 8.25. The molecule has 1 heterocycles. The fourth-order valence-corrected chi connectivity index (χ4v) is 1.23. The summed E-state index contributed by atoms with van der Waals surface area (Å²) in [5, 5.41) is 21.4. The fourth-order valence-electron chi connectivity index (χ4n) is 1.23. The Morgan fingerprint density at radius 2 is 2.20 bits per heavy atom. The van der Waals surface area contributed by atoms with Crippen LogP contribution in [-0.2, 0) is 16.1 Å². The van der Waals surface area contributed by atoms with Crippen molar-refractivity contribution in [3.05, 3.63) is 18.0 Å². The SMILES string of the molecule is CCn1ccc(C(CC(=O)O)C(=O)O)n1. The van der Waals surface area contributed by atoms with E-state index in [1.807, 2.05) is 6.92 Å². The van der Waals surface area contributed by atoms with E-state index in [0.29, 0.717) is 6.54 Å². The van der Waals surface area contributed by atoms with Crippen molar-refractivity contribution in [2.75, 3.05) is 0 Å². The maximum atomic E-state index is 10.8. The van der Waals surface area contributed by atoms with Crippen LogP contribution in [0.1, 0.15) is 25.0 Å². The minimum atomic E-state index is -1.17. The summed E-state index contributed by atoms with van der Waals surface area (Å²) >= 11 is 0. The molecule has 0 amide bonds. The Labute approximate surface area is 86.1 Å². The highest BCUT2D eigenvalue weighted by atomic mass is 16.4. The molecule has 1 aromatic rings. The summed E-state index contributed by atoms with van der Waals surface area (Å²) < 4.78 is 1.56. The highest BCUT2D eigenvalue weighted by Crippen LogP contribution is 2.17. The van der Waals surface area contributed by atoms with Gasteiger partial charge < -0.3 is 10.2 Å². The number of aryl methyl sites for hydroxylation is 1. The van der Waals surface area contributed by atoms with Gasteiger partial charge in [-0.25, -0.2) is 0 Å². The molecule has 0 fully saturated rings. The Kier molecular flexibility index (Phi) is 3.43. The van der Waals surface area contributed by atoms with Gasteiger partial charge in [0.2, 0.25) is 0 Å². The van der Waals surface area contributed by atoms with Crippen molar-refractivity contribution >= 4 is 11.9 Å². The molecule has 1 atom stereocenters. The predicted molar refractivity (Wildman–Crippen MR) is 50.5 cm³/mol. The monoisotopic (exact) mass is 212 g/mol. The predicted octanol–water partition coefficient (Wildman–Crippen LogP) is 0.546. The van der Waals surface area contributed by atoms with E-state index in [1.165, 1.54) is 6.07 Å². The van der Waals surface area contributed by atoms with Gasteiger partial charge in [0.15, 0.2) is 0 Å². The number of aromatic nitrogens is 2. The molecule has 15 heavy (non-hydrogen) atoms. The fraction of sp³-hybridized carbons (Fsp3) is 0.444. The van der Waals surface area contributed by atoms with E-state index in [0.717, 1.165) is 0 Å². The van der Waals surface area contributed by atoms with Crippen molar-refractivity contribution in [1.29, 1.82) is 0 Å². The van der Waals surface area contributed by atoms with Crippen molar-refractivity contribution in [2.45, 2.75) is 25.8 Å². The minimum absolute atomic E-state index is 0.284. The van der Waals surface area contributed by atoms with Crippen LogP contribution in [0.5, 0.6) is 0 Å². The topological polar surface area (TPSA) is 92.4 Å². The molecule has 0 aliphatic heterocycles. The van der Waals surface area contributed by atoms with Crippen molar-refractivity contribution in [2.24, 2.45) is 0 Å². The zero-order chi connectivity index (χ0) is 11.4. The molecule has 0 saturated carbocycles. The van der Waals surface area contributed by atoms with Crippen LogP contribution in [0.2, 0.25) is 0 Å². The number of hydrogen-bond donors (Lipinski definition) is 2. The summed E-state index contributed by atoms with van der Waals surface area (Å²) in [4.78, 5) is 21.3. The molecule has 0 bridgehead atoms. The highest BCUT2D eigenvalue weighted by Gasteiger charge is 2.25. The Morgan fingerprint density at radius 3 is 2.60 bits per heavy atom. The van der Waals surface area contributed by atoms with Gasteiger partial charge in [-0.3, -0.25) is 14.3 Å². The van der Waals surface area contributed by atoms with Gasteiger partial charge >= 0.3 is 11.9 Å². The van der Waals surface area contributed by atoms with Gasteiger partial charge in [0, 0.05) is 12.7 Å². The van der Waals surface area contributed by atoms with E-state index in [9.17, 15) is 9.59 Å². The van der Waals surface area contributed by atoms with Crippen LogP contribution < -0.4 is 0 Å². The van der Waals surface area contributed by atoms with Crippen molar-refractivity contribution in [1.82, 2.24) is 9.78 Å². The van der Waals surface area contributed by atoms with Gasteiger partial charge in [-0.1, -0.05) is 0 Å². The van der Waals surface area contributed by atoms with E-state index in [-0.39, 0.29) is 5.69 Å². The van der Waals surface area contributed by atoms with Crippen molar-refractivity contribution in [3.63, 3.8) is 0 Å². The Hall–Kier alpha value is -1.85. The molecule has 6 heteroatoms. The Morgan fingerprint density at radius 1 is 1.53 bits per heavy atom. The van der Waals surface area contributed by atoms with Gasteiger partial charge in [0.05, 0.1) is 12.1 Å². The molecule has 0 spiro atoms. The van der Waals surface area contributed by atoms with Crippen LogP contribution >= 0.6 is 0 Å². The number of carbonyl (C=O) groups is 2. The van der Waals surface area contributed by atoms with Crippen molar-refractivity contribution < 1.29 is 19.8 Å². The third kappa shape index (κ3) is 2.80. The molecule has 0 aromatic carbocycles. The molecular weight excluding hydrogens is 200 g/mol. The number of carboxylic acids is 2. The lowest BCUT2D eigenvalue weighted by Gasteiger charge is -2.05. The Balaban J connectivity index is 2.88. The lowest BCUT2D eigenvalue weighted by atomic mass is 10.0. The largest absolute Gasteiger partial charge is 0.481 e. The molecular formula is C9H12N2O4. The van der Waals surface area contributed by atoms with Crippen LogP contribution in [-0.4, -0.2) is 31.9 Å². The van der Waals surface area contributed by atoms with E-state index in [4.69, 9.17) is 10.2 Å². The van der Waals surface area contributed by atoms with E-state index >= 15 is 0 Å². The molecule has 0 aliphatic rings. The molecule has 0 aliphatic carbocycles. The first-order valence-electron chi connectivity index (χ1n) is 4.52. The Bertz CT molecular complexity index is 372. The second-order valence-electron chi connectivity index (χ2n) is 3.08. The standard InChI is InChI=1S/C9H12N2O4/c1-2-11-4-3-7(10-11)6(9(14)15)5-8(12)13/h3-4,6H,2,5H2,1H3,(H,12,13)(H,14,15). The third-order valence-electron chi connectivity index (χ3n) is 2.02. The summed E-state index contributed by atoms with van der Waals surface area (Å²) in [7, 11) is 0. The van der Waals surface area contributed by atoms with Crippen LogP contribution in [0.15, 0.2) is 12.3 Å². The molecule has 2 N–H and O–H groups in total. The van der Waals surface area contributed by atoms with Crippen LogP contribution in [0.3, 0.4) is 0 Å². The maximum Gasteiger partial charge on any atom is 0.313 e. The summed E-state index contributed by atoms with van der Waals surface area (Å²) in [6.07, 6.45) is 1.18. The number of hydrogen-bond acceptors (Lipinski definition) is 3. The summed E-state index contributed by atoms with van der Waals surface area (Å²) in [5.74, 6) is -3.39. The van der Waals surface area contributed by atoms with Gasteiger partial charge in [0.25, 0.3) is 0 Å². The molecule has 1 aromatic heterocycles. The number of rotatable bonds is 5. The molecule has 82 valence electrons. The maximum absolute atomic E-state index is 10.8. The van der Waals surface area contributed by atoms with Gasteiger partial charge in [0.1, 0.15) is 5.92 Å². The number of aliphatic carboxylic acids is 2. The normalized spacial score (nSPS) is 12.3. The average Bonchev–Trinajstić information content (AvgIpc) is 2.61. The van der Waals surface area contributed by atoms with Gasteiger partial charge in [-0.2, -0.15) is 5.10 Å². The first-order valence-corrected chi connectivity index (χ1v) is 4.52. The molecule has 0 radical (unpaired) electrons. The quantitative estimate of drug-likeness (QED) is 0.743. The van der Waals surface area contributed by atoms with Gasteiger partial charge in [-0.15, -0.1) is 0 Å². The first kappa shape index (κ1) is 11.2. The van der Waals surface area contributed by atoms with E-state index in [2.05, 4.69) is 5.10 Å². The molecule has 1 rings (SSSR count). The van der Waals surface area contributed by atoms with Gasteiger partial charge in [-0.05, 0) is 13.0 Å². The number of carboxylic acid groups (broad SMARTS) is 2. The molecule has 1 unspecified atom stereocenters. The second-order valence-corrected chi connectivity index (χ2v) is 3.08. The first-order chi connectivity index (χ1) is 7.04. The lowest BCUT2D eigenvalue weighted by molar-refractivity contribution is -0.145. The van der Waals surface area contributed by atoms with E-state index in [1.54, 1.807) is 10.9 Å². The summed E-state index contributed by atoms with van der Waals surface area (Å²) in [5.41, 5.74) is 0.284. The second kappa shape index (κ2) is 4.59. The van der Waals surface area contributed by atoms with Crippen LogP contribution in [0.4, 0.5) is 0 Å².